The summed E-state index contributed by atoms with van der Waals surface area (Å²) in [6, 6.07) is 16.1. The molecule has 2 aromatic carbocycles. The quantitative estimate of drug-likeness (QED) is 0.754. The summed E-state index contributed by atoms with van der Waals surface area (Å²) in [7, 11) is 0. The van der Waals surface area contributed by atoms with Crippen LogP contribution in [0.1, 0.15) is 19.4 Å². The van der Waals surface area contributed by atoms with Gasteiger partial charge in [-0.3, -0.25) is 0 Å². The number of benzene rings is 2. The minimum atomic E-state index is 1.12. The first kappa shape index (κ1) is 12.1. The Bertz CT molecular complexity index is 466. The first-order chi connectivity index (χ1) is 8.35. The number of likely N-dealkylation sites (N-methyl/N-ethyl adjacent to an activating group) is 1. The minimum Gasteiger partial charge on any atom is -0.304 e. The van der Waals surface area contributed by atoms with Gasteiger partial charge in [0.2, 0.25) is 0 Å². The Morgan fingerprint density at radius 2 is 1.82 bits per heavy atom. The first-order valence-electron chi connectivity index (χ1n) is 6.45. The van der Waals surface area contributed by atoms with Crippen LogP contribution in [0.5, 0.6) is 0 Å². The Kier molecular flexibility index (Phi) is 4.16. The molecule has 0 aliphatic heterocycles. The molecule has 0 fully saturated rings. The van der Waals surface area contributed by atoms with E-state index in [1.54, 1.807) is 0 Å². The summed E-state index contributed by atoms with van der Waals surface area (Å²) in [5.74, 6) is 0. The second kappa shape index (κ2) is 5.83. The lowest BCUT2D eigenvalue weighted by molar-refractivity contribution is 0.308. The lowest BCUT2D eigenvalue weighted by Crippen LogP contribution is -2.25. The first-order valence-corrected chi connectivity index (χ1v) is 6.45. The zero-order valence-corrected chi connectivity index (χ0v) is 10.7. The van der Waals surface area contributed by atoms with Gasteiger partial charge in [0.25, 0.3) is 0 Å². The fourth-order valence-corrected chi connectivity index (χ4v) is 2.25. The van der Waals surface area contributed by atoms with E-state index < -0.39 is 0 Å². The van der Waals surface area contributed by atoms with Gasteiger partial charge in [-0.2, -0.15) is 0 Å². The second-order valence-corrected chi connectivity index (χ2v) is 4.33. The van der Waals surface area contributed by atoms with Gasteiger partial charge in [0.1, 0.15) is 0 Å². The van der Waals surface area contributed by atoms with Crippen molar-refractivity contribution in [3.05, 3.63) is 48.0 Å². The standard InChI is InChI=1S/C16H20N/c1-3-17(4-2)13-12-15-10-7-9-14-8-5-6-11-16(14)15/h5-8,10-11H,3-4,12-13H2,1-2H3. The predicted octanol–water partition coefficient (Wildman–Crippen LogP) is 3.52. The Labute approximate surface area is 104 Å². The van der Waals surface area contributed by atoms with Gasteiger partial charge in [-0.15, -0.1) is 0 Å². The molecule has 0 aliphatic carbocycles. The van der Waals surface area contributed by atoms with Crippen LogP contribution in [0.15, 0.2) is 36.4 Å². The van der Waals surface area contributed by atoms with Crippen LogP contribution in [0.25, 0.3) is 10.8 Å². The third kappa shape index (κ3) is 2.86. The van der Waals surface area contributed by atoms with Crippen molar-refractivity contribution >= 4 is 10.8 Å². The van der Waals surface area contributed by atoms with Gasteiger partial charge in [0, 0.05) is 6.54 Å². The lowest BCUT2D eigenvalue weighted by Gasteiger charge is -2.18. The molecule has 0 saturated carbocycles. The summed E-state index contributed by atoms with van der Waals surface area (Å²) < 4.78 is 0. The van der Waals surface area contributed by atoms with Crippen molar-refractivity contribution in [2.75, 3.05) is 19.6 Å². The number of rotatable bonds is 5. The van der Waals surface area contributed by atoms with E-state index in [-0.39, 0.29) is 0 Å². The molecule has 2 rings (SSSR count). The fourth-order valence-electron chi connectivity index (χ4n) is 2.25. The van der Waals surface area contributed by atoms with Crippen LogP contribution in [-0.4, -0.2) is 24.5 Å². The summed E-state index contributed by atoms with van der Waals surface area (Å²) >= 11 is 0. The smallest absolute Gasteiger partial charge is 0.00218 e. The molecule has 0 heterocycles. The summed E-state index contributed by atoms with van der Waals surface area (Å²) in [4.78, 5) is 2.46. The Morgan fingerprint density at radius 1 is 1.06 bits per heavy atom. The van der Waals surface area contributed by atoms with Gasteiger partial charge in [0.15, 0.2) is 0 Å². The molecule has 17 heavy (non-hydrogen) atoms. The normalized spacial score (nSPS) is 11.2. The summed E-state index contributed by atoms with van der Waals surface area (Å²) in [6.07, 6.45) is 1.12. The average Bonchev–Trinajstić information content (AvgIpc) is 2.40. The maximum atomic E-state index is 3.29. The van der Waals surface area contributed by atoms with Gasteiger partial charge in [0.05, 0.1) is 0 Å². The van der Waals surface area contributed by atoms with E-state index in [0.29, 0.717) is 0 Å². The van der Waals surface area contributed by atoms with Gasteiger partial charge < -0.3 is 4.90 Å². The molecule has 1 nitrogen and oxygen atoms in total. The molecule has 1 radical (unpaired) electrons. The molecule has 0 aliphatic rings. The minimum absolute atomic E-state index is 1.12. The van der Waals surface area contributed by atoms with Crippen LogP contribution in [0.4, 0.5) is 0 Å². The highest BCUT2D eigenvalue weighted by atomic mass is 15.1. The van der Waals surface area contributed by atoms with E-state index in [1.807, 2.05) is 6.07 Å². The van der Waals surface area contributed by atoms with Crippen molar-refractivity contribution in [1.29, 1.82) is 0 Å². The molecular weight excluding hydrogens is 206 g/mol. The zero-order chi connectivity index (χ0) is 12.1. The van der Waals surface area contributed by atoms with Crippen LogP contribution in [-0.2, 0) is 6.42 Å². The van der Waals surface area contributed by atoms with Crippen LogP contribution in [0.3, 0.4) is 0 Å². The molecule has 0 N–H and O–H groups in total. The highest BCUT2D eigenvalue weighted by Gasteiger charge is 2.03. The van der Waals surface area contributed by atoms with Gasteiger partial charge in [-0.25, -0.2) is 0 Å². The maximum Gasteiger partial charge on any atom is 0.00218 e. The molecule has 89 valence electrons. The van der Waals surface area contributed by atoms with Crippen LogP contribution in [0.2, 0.25) is 0 Å². The maximum absolute atomic E-state index is 3.29. The van der Waals surface area contributed by atoms with Crippen molar-refractivity contribution in [2.45, 2.75) is 20.3 Å². The molecular formula is C16H20N. The van der Waals surface area contributed by atoms with E-state index in [1.165, 1.54) is 16.3 Å². The fraction of sp³-hybridized carbons (Fsp3) is 0.375. The van der Waals surface area contributed by atoms with E-state index in [2.05, 4.69) is 55.1 Å². The largest absolute Gasteiger partial charge is 0.304 e. The lowest BCUT2D eigenvalue weighted by atomic mass is 10.0. The molecule has 0 aromatic heterocycles. The number of nitrogens with zero attached hydrogens (tertiary/aromatic N) is 1. The van der Waals surface area contributed by atoms with E-state index in [4.69, 9.17) is 0 Å². The highest BCUT2D eigenvalue weighted by molar-refractivity contribution is 5.85. The van der Waals surface area contributed by atoms with E-state index in [9.17, 15) is 0 Å². The molecule has 0 atom stereocenters. The summed E-state index contributed by atoms with van der Waals surface area (Å²) in [6.45, 7) is 7.85. The summed E-state index contributed by atoms with van der Waals surface area (Å²) in [5.41, 5.74) is 1.44. The van der Waals surface area contributed by atoms with Crippen LogP contribution < -0.4 is 0 Å². The van der Waals surface area contributed by atoms with E-state index in [0.717, 1.165) is 26.1 Å². The summed E-state index contributed by atoms with van der Waals surface area (Å²) in [5, 5.41) is 2.58. The van der Waals surface area contributed by atoms with Crippen molar-refractivity contribution in [3.8, 4) is 0 Å². The molecule has 0 unspecified atom stereocenters. The van der Waals surface area contributed by atoms with Crippen LogP contribution >= 0.6 is 0 Å². The molecule has 0 amide bonds. The predicted molar refractivity (Wildman–Crippen MR) is 74.3 cm³/mol. The number of fused-ring (bicyclic) bond motifs is 1. The second-order valence-electron chi connectivity index (χ2n) is 4.33. The van der Waals surface area contributed by atoms with Crippen molar-refractivity contribution in [1.82, 2.24) is 4.90 Å². The van der Waals surface area contributed by atoms with Crippen LogP contribution in [0, 0.1) is 6.07 Å². The topological polar surface area (TPSA) is 3.24 Å². The van der Waals surface area contributed by atoms with Gasteiger partial charge in [-0.05, 0) is 41.9 Å². The molecule has 2 aromatic rings. The molecule has 1 heteroatoms. The van der Waals surface area contributed by atoms with Crippen molar-refractivity contribution in [3.63, 3.8) is 0 Å². The van der Waals surface area contributed by atoms with E-state index >= 15 is 0 Å². The molecule has 0 bridgehead atoms. The monoisotopic (exact) mass is 226 g/mol. The SMILES string of the molecule is CCN(CC)CCc1cc[c]c2ccccc12. The Hall–Kier alpha value is -1.34. The van der Waals surface area contributed by atoms with Gasteiger partial charge in [-0.1, -0.05) is 50.2 Å². The third-order valence-corrected chi connectivity index (χ3v) is 3.39. The number of hydrogen-bond acceptors (Lipinski definition) is 1. The van der Waals surface area contributed by atoms with Gasteiger partial charge >= 0.3 is 0 Å². The van der Waals surface area contributed by atoms with Crippen molar-refractivity contribution < 1.29 is 0 Å². The van der Waals surface area contributed by atoms with Crippen molar-refractivity contribution in [2.24, 2.45) is 0 Å². The zero-order valence-electron chi connectivity index (χ0n) is 10.7. The molecule has 0 spiro atoms. The number of hydrogen-bond donors (Lipinski definition) is 0. The third-order valence-electron chi connectivity index (χ3n) is 3.39. The highest BCUT2D eigenvalue weighted by Crippen LogP contribution is 2.18. The molecule has 0 saturated heterocycles. The average molecular weight is 226 g/mol. The Balaban J connectivity index is 2.18. The Morgan fingerprint density at radius 3 is 2.59 bits per heavy atom.